The third-order valence-corrected chi connectivity index (χ3v) is 5.71. The zero-order valence-corrected chi connectivity index (χ0v) is 17.8. The first-order valence-corrected chi connectivity index (χ1v) is 10.5. The molecule has 7 heteroatoms. The van der Waals surface area contributed by atoms with E-state index in [0.29, 0.717) is 6.42 Å². The number of fused-ring (bicyclic) bond motifs is 3. The summed E-state index contributed by atoms with van der Waals surface area (Å²) in [4.78, 5) is 35.4. The van der Waals surface area contributed by atoms with Crippen LogP contribution in [0.15, 0.2) is 48.5 Å². The van der Waals surface area contributed by atoms with Crippen molar-refractivity contribution in [3.05, 3.63) is 59.7 Å². The lowest BCUT2D eigenvalue weighted by molar-refractivity contribution is -0.141. The van der Waals surface area contributed by atoms with Crippen LogP contribution in [0.5, 0.6) is 0 Å². The first-order valence-electron chi connectivity index (χ1n) is 10.5. The molecule has 1 aliphatic rings. The Balaban J connectivity index is 1.49. The van der Waals surface area contributed by atoms with Gasteiger partial charge in [-0.1, -0.05) is 62.4 Å². The van der Waals surface area contributed by atoms with Crippen LogP contribution < -0.4 is 10.6 Å². The number of nitrogens with one attached hydrogen (secondary N) is 2. The Morgan fingerprint density at radius 2 is 1.55 bits per heavy atom. The number of alkyl carbamates (subject to hydrolysis) is 1. The molecule has 0 saturated carbocycles. The lowest BCUT2D eigenvalue weighted by atomic mass is 9.98. The lowest BCUT2D eigenvalue weighted by Crippen LogP contribution is -2.40. The number of benzene rings is 2. The zero-order chi connectivity index (χ0) is 22.4. The first kappa shape index (κ1) is 22.3. The predicted molar refractivity (Wildman–Crippen MR) is 117 cm³/mol. The molecule has 2 atom stereocenters. The largest absolute Gasteiger partial charge is 0.481 e. The molecule has 0 aromatic heterocycles. The van der Waals surface area contributed by atoms with E-state index in [1.807, 2.05) is 36.4 Å². The summed E-state index contributed by atoms with van der Waals surface area (Å²) in [6.07, 6.45) is -0.152. The van der Waals surface area contributed by atoms with E-state index in [0.717, 1.165) is 22.3 Å². The maximum atomic E-state index is 12.2. The van der Waals surface area contributed by atoms with Crippen molar-refractivity contribution >= 4 is 18.0 Å². The fraction of sp³-hybridized carbons (Fsp3) is 0.375. The zero-order valence-electron chi connectivity index (χ0n) is 17.8. The Morgan fingerprint density at radius 3 is 2.10 bits per heavy atom. The molecule has 0 aliphatic heterocycles. The van der Waals surface area contributed by atoms with E-state index in [-0.39, 0.29) is 31.5 Å². The average Bonchev–Trinajstić information content (AvgIpc) is 3.09. The van der Waals surface area contributed by atoms with E-state index in [4.69, 9.17) is 9.84 Å². The van der Waals surface area contributed by atoms with E-state index >= 15 is 0 Å². The number of aliphatic carboxylic acids is 1. The molecule has 164 valence electrons. The van der Waals surface area contributed by atoms with Crippen LogP contribution in [0.3, 0.4) is 0 Å². The minimum absolute atomic E-state index is 0.0270. The Labute approximate surface area is 181 Å². The van der Waals surface area contributed by atoms with Crippen LogP contribution in [0.1, 0.15) is 37.3 Å². The highest BCUT2D eigenvalue weighted by molar-refractivity contribution is 5.81. The maximum Gasteiger partial charge on any atom is 0.407 e. The van der Waals surface area contributed by atoms with Gasteiger partial charge < -0.3 is 20.5 Å². The van der Waals surface area contributed by atoms with E-state index in [1.165, 1.54) is 0 Å². The van der Waals surface area contributed by atoms with Gasteiger partial charge in [-0.15, -0.1) is 0 Å². The second-order valence-electron chi connectivity index (χ2n) is 7.80. The van der Waals surface area contributed by atoms with Gasteiger partial charge >= 0.3 is 12.1 Å². The third-order valence-electron chi connectivity index (χ3n) is 5.71. The van der Waals surface area contributed by atoms with Gasteiger partial charge in [0.2, 0.25) is 5.91 Å². The number of hydrogen-bond acceptors (Lipinski definition) is 4. The smallest absolute Gasteiger partial charge is 0.407 e. The number of carbonyl (C=O) groups excluding carboxylic acids is 2. The molecule has 0 saturated heterocycles. The maximum absolute atomic E-state index is 12.2. The molecule has 31 heavy (non-hydrogen) atoms. The van der Waals surface area contributed by atoms with Crippen molar-refractivity contribution in [3.63, 3.8) is 0 Å². The predicted octanol–water partition coefficient (Wildman–Crippen LogP) is 3.39. The molecule has 3 rings (SSSR count). The van der Waals surface area contributed by atoms with Crippen LogP contribution >= 0.6 is 0 Å². The van der Waals surface area contributed by atoms with Gasteiger partial charge in [0.25, 0.3) is 0 Å². The molecule has 1 aliphatic carbocycles. The number of carboxylic acids is 1. The van der Waals surface area contributed by atoms with Crippen LogP contribution in [-0.4, -0.2) is 42.8 Å². The monoisotopic (exact) mass is 424 g/mol. The number of carbonyl (C=O) groups is 3. The number of amides is 2. The van der Waals surface area contributed by atoms with Crippen molar-refractivity contribution in [2.45, 2.75) is 26.2 Å². The molecule has 2 amide bonds. The molecular formula is C24H28N2O5. The molecule has 0 spiro atoms. The Morgan fingerprint density at radius 1 is 0.968 bits per heavy atom. The summed E-state index contributed by atoms with van der Waals surface area (Å²) in [5.74, 6) is -2.40. The van der Waals surface area contributed by atoms with Gasteiger partial charge in [-0.25, -0.2) is 4.79 Å². The van der Waals surface area contributed by atoms with Crippen LogP contribution in [0.2, 0.25) is 0 Å². The van der Waals surface area contributed by atoms with Crippen LogP contribution in [-0.2, 0) is 14.3 Å². The van der Waals surface area contributed by atoms with Crippen molar-refractivity contribution < 1.29 is 24.2 Å². The molecule has 3 N–H and O–H groups in total. The van der Waals surface area contributed by atoms with Gasteiger partial charge in [0, 0.05) is 19.0 Å². The topological polar surface area (TPSA) is 105 Å². The van der Waals surface area contributed by atoms with Crippen LogP contribution in [0.25, 0.3) is 11.1 Å². The highest BCUT2D eigenvalue weighted by Crippen LogP contribution is 2.44. The molecule has 0 radical (unpaired) electrons. The summed E-state index contributed by atoms with van der Waals surface area (Å²) in [6.45, 7) is 3.80. The van der Waals surface area contributed by atoms with Crippen molar-refractivity contribution in [2.75, 3.05) is 19.7 Å². The summed E-state index contributed by atoms with van der Waals surface area (Å²) >= 11 is 0. The summed E-state index contributed by atoms with van der Waals surface area (Å²) in [5, 5.41) is 14.3. The summed E-state index contributed by atoms with van der Waals surface area (Å²) < 4.78 is 5.46. The minimum Gasteiger partial charge on any atom is -0.481 e. The van der Waals surface area contributed by atoms with E-state index < -0.39 is 23.9 Å². The molecule has 0 fully saturated rings. The second-order valence-corrected chi connectivity index (χ2v) is 7.80. The van der Waals surface area contributed by atoms with Gasteiger partial charge in [0.1, 0.15) is 6.61 Å². The first-order chi connectivity index (χ1) is 14.9. The summed E-state index contributed by atoms with van der Waals surface area (Å²) in [5.41, 5.74) is 4.58. The fourth-order valence-corrected chi connectivity index (χ4v) is 3.78. The van der Waals surface area contributed by atoms with Crippen molar-refractivity contribution in [1.29, 1.82) is 0 Å². The molecular weight excluding hydrogens is 396 g/mol. The quantitative estimate of drug-likeness (QED) is 0.572. The molecule has 2 aromatic carbocycles. The van der Waals surface area contributed by atoms with Crippen LogP contribution in [0, 0.1) is 11.8 Å². The Bertz CT molecular complexity index is 913. The van der Waals surface area contributed by atoms with Gasteiger partial charge in [-0.3, -0.25) is 9.59 Å². The van der Waals surface area contributed by atoms with E-state index in [1.54, 1.807) is 13.8 Å². The Kier molecular flexibility index (Phi) is 7.28. The van der Waals surface area contributed by atoms with E-state index in [9.17, 15) is 14.4 Å². The van der Waals surface area contributed by atoms with Crippen molar-refractivity contribution in [3.8, 4) is 11.1 Å². The fourth-order valence-electron chi connectivity index (χ4n) is 3.78. The van der Waals surface area contributed by atoms with Gasteiger partial charge in [-0.2, -0.15) is 0 Å². The number of ether oxygens (including phenoxy) is 1. The van der Waals surface area contributed by atoms with Gasteiger partial charge in [0.05, 0.1) is 11.8 Å². The molecule has 2 unspecified atom stereocenters. The highest BCUT2D eigenvalue weighted by Gasteiger charge is 2.29. The van der Waals surface area contributed by atoms with Gasteiger partial charge in [0.15, 0.2) is 0 Å². The molecule has 7 nitrogen and oxygen atoms in total. The number of rotatable bonds is 9. The van der Waals surface area contributed by atoms with E-state index in [2.05, 4.69) is 22.8 Å². The Hall–Kier alpha value is -3.35. The SMILES string of the molecule is CCC(CNC(=O)C(C)CNC(=O)OCC1c2ccccc2-c2ccccc21)C(=O)O. The number of carboxylic acid groups (broad SMARTS) is 1. The van der Waals surface area contributed by atoms with Gasteiger partial charge in [-0.05, 0) is 28.7 Å². The lowest BCUT2D eigenvalue weighted by Gasteiger charge is -2.17. The standard InChI is InChI=1S/C24H28N2O5/c1-3-16(23(28)29)13-25-22(27)15(2)12-26-24(30)31-14-21-19-10-6-4-8-17(19)18-9-5-7-11-20(18)21/h4-11,15-16,21H,3,12-14H2,1-2H3,(H,25,27)(H,26,30)(H,28,29). The normalized spacial score (nSPS) is 14.1. The average molecular weight is 424 g/mol. The molecule has 0 bridgehead atoms. The van der Waals surface area contributed by atoms with Crippen molar-refractivity contribution in [1.82, 2.24) is 10.6 Å². The molecule has 0 heterocycles. The summed E-state index contributed by atoms with van der Waals surface area (Å²) in [6, 6.07) is 16.2. The van der Waals surface area contributed by atoms with Crippen molar-refractivity contribution in [2.24, 2.45) is 11.8 Å². The second kappa shape index (κ2) is 10.1. The van der Waals surface area contributed by atoms with Crippen LogP contribution in [0.4, 0.5) is 4.79 Å². The summed E-state index contributed by atoms with van der Waals surface area (Å²) in [7, 11) is 0. The minimum atomic E-state index is -0.938. The highest BCUT2D eigenvalue weighted by atomic mass is 16.5. The number of hydrogen-bond donors (Lipinski definition) is 3. The molecule has 2 aromatic rings. The third kappa shape index (κ3) is 5.23.